The summed E-state index contributed by atoms with van der Waals surface area (Å²) in [6, 6.07) is 0. The summed E-state index contributed by atoms with van der Waals surface area (Å²) < 4.78 is 33.5. The second kappa shape index (κ2) is 48.4. The molecule has 0 fully saturated rings. The number of hydrogen-bond donors (Lipinski definition) is 3. The van der Waals surface area contributed by atoms with Gasteiger partial charge in [0.1, 0.15) is 12.2 Å². The van der Waals surface area contributed by atoms with E-state index in [-0.39, 0.29) is 25.6 Å². The number of rotatable bonds is 50. The summed E-state index contributed by atoms with van der Waals surface area (Å²) in [4.78, 5) is 22.7. The smallest absolute Gasteiger partial charge is 0.457 e. The predicted molar refractivity (Wildman–Crippen MR) is 256 cm³/mol. The maximum absolute atomic E-state index is 12.7. The van der Waals surface area contributed by atoms with Crippen molar-refractivity contribution in [2.75, 3.05) is 33.0 Å². The standard InChI is InChI=1S/C51H99O9P/c1-3-5-7-9-11-13-15-17-19-21-23-24-25-26-28-30-32-34-36-38-40-42-44-57-47-50(48-59-61(55,56)58-46-49(53)45-52)60-51(54)43-41-39-37-35-33-31-29-27-22-20-18-16-14-12-10-8-6-4-2/h15,17,21,23,49-50,52-53H,3-14,16,18-20,22,24-48H2,1-2H3,(H,55,56)/b17-15-,23-21-. The van der Waals surface area contributed by atoms with Crippen LogP contribution in [0.5, 0.6) is 0 Å². The highest BCUT2D eigenvalue weighted by Gasteiger charge is 2.26. The fourth-order valence-corrected chi connectivity index (χ4v) is 8.24. The van der Waals surface area contributed by atoms with Gasteiger partial charge < -0.3 is 24.6 Å². The largest absolute Gasteiger partial charge is 0.472 e. The van der Waals surface area contributed by atoms with Gasteiger partial charge in [0, 0.05) is 13.0 Å². The quantitative estimate of drug-likeness (QED) is 0.0236. The molecule has 0 aliphatic rings. The summed E-state index contributed by atoms with van der Waals surface area (Å²) in [5.74, 6) is -0.378. The van der Waals surface area contributed by atoms with Gasteiger partial charge in [0.05, 0.1) is 26.4 Å². The fourth-order valence-electron chi connectivity index (χ4n) is 7.45. The van der Waals surface area contributed by atoms with Gasteiger partial charge in [-0.25, -0.2) is 4.57 Å². The van der Waals surface area contributed by atoms with Crippen LogP contribution in [0.15, 0.2) is 24.3 Å². The van der Waals surface area contributed by atoms with Gasteiger partial charge in [-0.15, -0.1) is 0 Å². The number of unbranched alkanes of at least 4 members (excludes halogenated alkanes) is 32. The van der Waals surface area contributed by atoms with Crippen LogP contribution in [0.1, 0.15) is 251 Å². The molecule has 0 aromatic rings. The zero-order valence-corrected chi connectivity index (χ0v) is 40.8. The first-order valence-corrected chi connectivity index (χ1v) is 27.3. The van der Waals surface area contributed by atoms with Gasteiger partial charge in [-0.05, 0) is 44.9 Å². The Balaban J connectivity index is 4.04. The number of phosphoric acid groups is 1. The molecule has 0 aliphatic carbocycles. The van der Waals surface area contributed by atoms with E-state index >= 15 is 0 Å². The van der Waals surface area contributed by atoms with E-state index < -0.39 is 33.2 Å². The average Bonchev–Trinajstić information content (AvgIpc) is 3.25. The third-order valence-electron chi connectivity index (χ3n) is 11.4. The van der Waals surface area contributed by atoms with Gasteiger partial charge in [-0.2, -0.15) is 0 Å². The molecule has 61 heavy (non-hydrogen) atoms. The summed E-state index contributed by atoms with van der Waals surface area (Å²) in [7, 11) is -4.52. The molecule has 0 aromatic carbocycles. The fraction of sp³-hybridized carbons (Fsp3) is 0.902. The molecule has 0 saturated carbocycles. The lowest BCUT2D eigenvalue weighted by molar-refractivity contribution is -0.154. The van der Waals surface area contributed by atoms with Crippen LogP contribution < -0.4 is 0 Å². The molecule has 362 valence electrons. The third-order valence-corrected chi connectivity index (χ3v) is 12.3. The van der Waals surface area contributed by atoms with Gasteiger partial charge in [0.15, 0.2) is 0 Å². The van der Waals surface area contributed by atoms with Crippen molar-refractivity contribution >= 4 is 13.8 Å². The molecular weight excluding hydrogens is 788 g/mol. The number of allylic oxidation sites excluding steroid dienone is 4. The van der Waals surface area contributed by atoms with Crippen molar-refractivity contribution in [3.05, 3.63) is 24.3 Å². The van der Waals surface area contributed by atoms with Gasteiger partial charge in [0.25, 0.3) is 0 Å². The zero-order chi connectivity index (χ0) is 44.6. The molecule has 10 heteroatoms. The summed E-state index contributed by atoms with van der Waals surface area (Å²) in [5.41, 5.74) is 0. The van der Waals surface area contributed by atoms with E-state index in [0.29, 0.717) is 6.61 Å². The zero-order valence-electron chi connectivity index (χ0n) is 39.9. The first-order valence-electron chi connectivity index (χ1n) is 25.8. The SMILES string of the molecule is CCCCCCC/C=C\C/C=C\CCCCCCCCCCCCOCC(COP(=O)(O)OCC(O)CO)OC(=O)CCCCCCCCCCCCCCCCCCCC. The van der Waals surface area contributed by atoms with E-state index in [1.807, 2.05) is 0 Å². The van der Waals surface area contributed by atoms with Crippen LogP contribution in [-0.2, 0) is 27.9 Å². The average molecular weight is 887 g/mol. The number of carbonyl (C=O) groups is 1. The molecule has 0 spiro atoms. The molecule has 0 amide bonds. The Morgan fingerprint density at radius 1 is 0.508 bits per heavy atom. The molecule has 0 radical (unpaired) electrons. The number of phosphoric ester groups is 1. The molecule has 0 aliphatic heterocycles. The van der Waals surface area contributed by atoms with Crippen molar-refractivity contribution in [3.63, 3.8) is 0 Å². The molecule has 3 atom stereocenters. The van der Waals surface area contributed by atoms with Crippen LogP contribution in [-0.4, -0.2) is 66.3 Å². The molecule has 0 bridgehead atoms. The highest BCUT2D eigenvalue weighted by molar-refractivity contribution is 7.47. The maximum atomic E-state index is 12.7. The van der Waals surface area contributed by atoms with Gasteiger partial charge >= 0.3 is 13.8 Å². The second-order valence-electron chi connectivity index (χ2n) is 17.5. The molecule has 3 unspecified atom stereocenters. The van der Waals surface area contributed by atoms with E-state index in [1.54, 1.807) is 0 Å². The van der Waals surface area contributed by atoms with Gasteiger partial charge in [-0.1, -0.05) is 224 Å². The van der Waals surface area contributed by atoms with Crippen molar-refractivity contribution in [1.82, 2.24) is 0 Å². The number of ether oxygens (including phenoxy) is 2. The van der Waals surface area contributed by atoms with Crippen LogP contribution in [0.3, 0.4) is 0 Å². The van der Waals surface area contributed by atoms with E-state index in [0.717, 1.165) is 44.9 Å². The molecular formula is C51H99O9P. The Bertz CT molecular complexity index is 1010. The van der Waals surface area contributed by atoms with Crippen LogP contribution >= 0.6 is 7.82 Å². The number of aliphatic hydroxyl groups is 2. The molecule has 0 aromatic heterocycles. The van der Waals surface area contributed by atoms with Gasteiger partial charge in [0.2, 0.25) is 0 Å². The Morgan fingerprint density at radius 2 is 0.885 bits per heavy atom. The molecule has 0 saturated heterocycles. The highest BCUT2D eigenvalue weighted by atomic mass is 31.2. The highest BCUT2D eigenvalue weighted by Crippen LogP contribution is 2.43. The molecule has 0 rings (SSSR count). The van der Waals surface area contributed by atoms with Gasteiger partial charge in [-0.3, -0.25) is 13.8 Å². The Morgan fingerprint density at radius 3 is 1.31 bits per heavy atom. The van der Waals surface area contributed by atoms with E-state index in [2.05, 4.69) is 38.2 Å². The minimum Gasteiger partial charge on any atom is -0.457 e. The Hall–Kier alpha value is -1.06. The molecule has 0 heterocycles. The number of esters is 1. The summed E-state index contributed by atoms with van der Waals surface area (Å²) in [5, 5.41) is 18.4. The molecule has 3 N–H and O–H groups in total. The van der Waals surface area contributed by atoms with Crippen molar-refractivity contribution < 1.29 is 43.0 Å². The molecule has 9 nitrogen and oxygen atoms in total. The van der Waals surface area contributed by atoms with Crippen LogP contribution in [0.4, 0.5) is 0 Å². The number of carbonyl (C=O) groups excluding carboxylic acids is 1. The van der Waals surface area contributed by atoms with E-state index in [9.17, 15) is 19.4 Å². The van der Waals surface area contributed by atoms with Crippen LogP contribution in [0, 0.1) is 0 Å². The van der Waals surface area contributed by atoms with Crippen molar-refractivity contribution in [3.8, 4) is 0 Å². The maximum Gasteiger partial charge on any atom is 0.472 e. The lowest BCUT2D eigenvalue weighted by Gasteiger charge is -2.20. The normalized spacial score (nSPS) is 14.0. The first-order chi connectivity index (χ1) is 29.8. The number of hydrogen-bond acceptors (Lipinski definition) is 8. The van der Waals surface area contributed by atoms with Crippen molar-refractivity contribution in [1.29, 1.82) is 0 Å². The monoisotopic (exact) mass is 887 g/mol. The topological polar surface area (TPSA) is 132 Å². The van der Waals surface area contributed by atoms with Crippen LogP contribution in [0.25, 0.3) is 0 Å². The Labute approximate surface area is 376 Å². The van der Waals surface area contributed by atoms with E-state index in [1.165, 1.54) is 186 Å². The number of aliphatic hydroxyl groups excluding tert-OH is 2. The summed E-state index contributed by atoms with van der Waals surface area (Å²) in [6.45, 7) is 3.56. The summed E-state index contributed by atoms with van der Waals surface area (Å²) in [6.07, 6.45) is 52.8. The predicted octanol–water partition coefficient (Wildman–Crippen LogP) is 15.0. The minimum absolute atomic E-state index is 0.0518. The lowest BCUT2D eigenvalue weighted by atomic mass is 10.0. The minimum atomic E-state index is -4.52. The summed E-state index contributed by atoms with van der Waals surface area (Å²) >= 11 is 0. The third kappa shape index (κ3) is 48.2. The van der Waals surface area contributed by atoms with Crippen molar-refractivity contribution in [2.45, 2.75) is 264 Å². The van der Waals surface area contributed by atoms with Crippen LogP contribution in [0.2, 0.25) is 0 Å². The van der Waals surface area contributed by atoms with Crippen molar-refractivity contribution in [2.24, 2.45) is 0 Å². The lowest BCUT2D eigenvalue weighted by Crippen LogP contribution is -2.29. The second-order valence-corrected chi connectivity index (χ2v) is 19.0. The first kappa shape index (κ1) is 59.9. The Kier molecular flexibility index (Phi) is 47.6. The van der Waals surface area contributed by atoms with E-state index in [4.69, 9.17) is 23.6 Å².